The molecule has 0 aromatic heterocycles. The first-order valence-electron chi connectivity index (χ1n) is 22.7. The van der Waals surface area contributed by atoms with E-state index in [2.05, 4.69) is 121 Å². The van der Waals surface area contributed by atoms with Crippen molar-refractivity contribution < 1.29 is 0 Å². The summed E-state index contributed by atoms with van der Waals surface area (Å²) in [7, 11) is 0. The van der Waals surface area contributed by atoms with Crippen molar-refractivity contribution in [2.75, 3.05) is 0 Å². The van der Waals surface area contributed by atoms with Crippen molar-refractivity contribution in [1.82, 2.24) is 4.90 Å². The van der Waals surface area contributed by atoms with E-state index in [0.29, 0.717) is 35.0 Å². The second kappa shape index (κ2) is 14.4. The van der Waals surface area contributed by atoms with Crippen LogP contribution in [0.3, 0.4) is 0 Å². The molecule has 11 rings (SSSR count). The van der Waals surface area contributed by atoms with Crippen molar-refractivity contribution in [2.45, 2.75) is 149 Å². The van der Waals surface area contributed by atoms with Crippen molar-refractivity contribution in [2.24, 2.45) is 41.4 Å². The van der Waals surface area contributed by atoms with Crippen LogP contribution in [0.15, 0.2) is 102 Å². The fraction of sp³-hybridized carbons (Fsp3) is 0.577. The number of likely N-dealkylation sites (tertiary alicyclic amines) is 1. The van der Waals surface area contributed by atoms with Crippen molar-refractivity contribution >= 4 is 17.3 Å². The number of hydrogen-bond donors (Lipinski definition) is 0. The van der Waals surface area contributed by atoms with Gasteiger partial charge in [-0.3, -0.25) is 4.90 Å². The summed E-state index contributed by atoms with van der Waals surface area (Å²) in [5, 5.41) is 0.673. The quantitative estimate of drug-likeness (QED) is 0.288. The minimum Gasteiger partial charge on any atom is -0.292 e. The zero-order chi connectivity index (χ0) is 35.8. The molecule has 2 fully saturated rings. The first kappa shape index (κ1) is 34.7. The zero-order valence-electron chi connectivity index (χ0n) is 32.8. The summed E-state index contributed by atoms with van der Waals surface area (Å²) < 4.78 is 0. The highest BCUT2D eigenvalue weighted by Gasteiger charge is 2.54. The molecule has 1 saturated heterocycles. The molecule has 1 nitrogen and oxygen atoms in total. The Labute approximate surface area is 330 Å². The van der Waals surface area contributed by atoms with Crippen LogP contribution in [0.5, 0.6) is 0 Å². The molecule has 1 saturated carbocycles. The summed E-state index contributed by atoms with van der Waals surface area (Å²) in [5.74, 6) is 7.27. The number of allylic oxidation sites excluding steroid dienone is 8. The Morgan fingerprint density at radius 3 is 2.46 bits per heavy atom. The predicted molar refractivity (Wildman–Crippen MR) is 228 cm³/mol. The van der Waals surface area contributed by atoms with E-state index in [9.17, 15) is 0 Å². The Hall–Kier alpha value is -2.55. The molecular formula is C52H63NS. The van der Waals surface area contributed by atoms with Crippen molar-refractivity contribution in [3.8, 4) is 0 Å². The third-order valence-corrected chi connectivity index (χ3v) is 18.4. The molecule has 2 heterocycles. The Balaban J connectivity index is 0.889. The van der Waals surface area contributed by atoms with Crippen LogP contribution in [0.1, 0.15) is 143 Å². The van der Waals surface area contributed by atoms with Gasteiger partial charge in [0.05, 0.1) is 0 Å². The molecule has 0 bridgehead atoms. The Bertz CT molecular complexity index is 1880. The molecule has 0 radical (unpaired) electrons. The van der Waals surface area contributed by atoms with Crippen LogP contribution in [-0.4, -0.2) is 28.3 Å². The molecule has 282 valence electrons. The lowest BCUT2D eigenvalue weighted by molar-refractivity contribution is 0.0884. The second-order valence-electron chi connectivity index (χ2n) is 19.4. The van der Waals surface area contributed by atoms with Crippen LogP contribution in [0.4, 0.5) is 0 Å². The molecule has 0 spiro atoms. The third kappa shape index (κ3) is 5.88. The van der Waals surface area contributed by atoms with Gasteiger partial charge in [0.1, 0.15) is 0 Å². The first-order valence-corrected chi connectivity index (χ1v) is 23.6. The van der Waals surface area contributed by atoms with Gasteiger partial charge in [-0.05, 0) is 171 Å². The number of hydrogen-bond acceptors (Lipinski definition) is 2. The van der Waals surface area contributed by atoms with Gasteiger partial charge >= 0.3 is 0 Å². The van der Waals surface area contributed by atoms with Gasteiger partial charge in [0.2, 0.25) is 0 Å². The van der Waals surface area contributed by atoms with Crippen LogP contribution in [0.25, 0.3) is 5.57 Å². The van der Waals surface area contributed by atoms with Crippen LogP contribution < -0.4 is 0 Å². The van der Waals surface area contributed by atoms with E-state index < -0.39 is 0 Å². The van der Waals surface area contributed by atoms with Crippen molar-refractivity contribution in [3.63, 3.8) is 0 Å². The average molecular weight is 734 g/mol. The highest BCUT2D eigenvalue weighted by Crippen LogP contribution is 2.57. The maximum Gasteiger partial charge on any atom is 0.0357 e. The molecule has 2 aromatic carbocycles. The molecule has 0 amide bonds. The van der Waals surface area contributed by atoms with Gasteiger partial charge in [0, 0.05) is 34.2 Å². The number of rotatable bonds is 4. The van der Waals surface area contributed by atoms with Crippen LogP contribution in [0.2, 0.25) is 0 Å². The molecule has 2 aromatic rings. The summed E-state index contributed by atoms with van der Waals surface area (Å²) in [5.41, 5.74) is 8.29. The normalized spacial score (nSPS) is 42.2. The lowest BCUT2D eigenvalue weighted by Gasteiger charge is -2.45. The fourth-order valence-corrected chi connectivity index (χ4v) is 16.0. The summed E-state index contributed by atoms with van der Waals surface area (Å²) in [4.78, 5) is 4.72. The van der Waals surface area contributed by atoms with E-state index in [-0.39, 0.29) is 0 Å². The van der Waals surface area contributed by atoms with Gasteiger partial charge in [-0.2, -0.15) is 0 Å². The largest absolute Gasteiger partial charge is 0.292 e. The SMILES string of the molecule is CC1c2ccc(C3=CC4C5CCCCC5N(C5CC=CC6c7ccccc7SC65)C4CC3)cc2C2CCC=CC2CC1C1CC=CC(C2C=CCCC2)C1. The van der Waals surface area contributed by atoms with E-state index in [0.717, 1.165) is 47.6 Å². The molecule has 7 aliphatic carbocycles. The predicted octanol–water partition coefficient (Wildman–Crippen LogP) is 13.4. The van der Waals surface area contributed by atoms with Gasteiger partial charge in [0.25, 0.3) is 0 Å². The molecule has 54 heavy (non-hydrogen) atoms. The van der Waals surface area contributed by atoms with Gasteiger partial charge in [-0.25, -0.2) is 0 Å². The Morgan fingerprint density at radius 2 is 1.52 bits per heavy atom. The molecule has 2 aliphatic heterocycles. The van der Waals surface area contributed by atoms with Crippen LogP contribution in [-0.2, 0) is 0 Å². The van der Waals surface area contributed by atoms with Gasteiger partial charge < -0.3 is 0 Å². The lowest BCUT2D eigenvalue weighted by Crippen LogP contribution is -2.52. The highest BCUT2D eigenvalue weighted by atomic mass is 32.2. The van der Waals surface area contributed by atoms with E-state index in [1.165, 1.54) is 96.3 Å². The minimum atomic E-state index is 0.589. The molecule has 9 aliphatic rings. The summed E-state index contributed by atoms with van der Waals surface area (Å²) in [6.07, 6.45) is 43.7. The Morgan fingerprint density at radius 1 is 0.648 bits per heavy atom. The fourth-order valence-electron chi connectivity index (χ4n) is 14.4. The molecule has 14 unspecified atom stereocenters. The van der Waals surface area contributed by atoms with Crippen molar-refractivity contribution in [1.29, 1.82) is 0 Å². The summed E-state index contributed by atoms with van der Waals surface area (Å²) >= 11 is 2.21. The minimum absolute atomic E-state index is 0.589. The summed E-state index contributed by atoms with van der Waals surface area (Å²) in [6, 6.07) is 19.5. The van der Waals surface area contributed by atoms with Crippen LogP contribution >= 0.6 is 11.8 Å². The van der Waals surface area contributed by atoms with Crippen molar-refractivity contribution in [3.05, 3.63) is 119 Å². The number of nitrogens with zero attached hydrogens (tertiary/aromatic N) is 1. The molecule has 2 heteroatoms. The van der Waals surface area contributed by atoms with Gasteiger partial charge in [-0.1, -0.05) is 111 Å². The number of benzene rings is 2. The van der Waals surface area contributed by atoms with E-state index in [1.807, 2.05) is 0 Å². The molecule has 14 atom stereocenters. The van der Waals surface area contributed by atoms with E-state index in [4.69, 9.17) is 0 Å². The second-order valence-corrected chi connectivity index (χ2v) is 20.6. The maximum atomic E-state index is 3.18. The highest BCUT2D eigenvalue weighted by molar-refractivity contribution is 8.00. The standard InChI is InChI=1S/C52H63NS/c1-33-40-27-25-36(30-46(40)41-18-6-5-15-39(41)32-45(33)38-17-11-16-35(29-38)34-13-3-2-4-14-34)37-26-28-49-47(31-37)42-19-7-9-22-48(42)53(49)50-23-12-21-44-43-20-8-10-24-51(43)54-52(44)50/h3,5,8,10-13,15-16,20-21,24-25,27,30-31,33-35,38-39,41-42,44-45,47-50,52H,2,4,6-7,9,14,17-19,22-23,26,28-29,32H2,1H3. The van der Waals surface area contributed by atoms with E-state index in [1.54, 1.807) is 32.7 Å². The molecular weight excluding hydrogens is 671 g/mol. The smallest absolute Gasteiger partial charge is 0.0357 e. The zero-order valence-corrected chi connectivity index (χ0v) is 33.6. The Kier molecular flexibility index (Phi) is 9.27. The average Bonchev–Trinajstić information content (AvgIpc) is 3.75. The van der Waals surface area contributed by atoms with Crippen LogP contribution in [0, 0.1) is 41.4 Å². The molecule has 0 N–H and O–H groups in total. The van der Waals surface area contributed by atoms with Gasteiger partial charge in [0.15, 0.2) is 0 Å². The maximum absolute atomic E-state index is 3.18. The lowest BCUT2D eigenvalue weighted by atomic mass is 9.67. The monoisotopic (exact) mass is 733 g/mol. The number of thioether (sulfide) groups is 1. The van der Waals surface area contributed by atoms with E-state index >= 15 is 0 Å². The topological polar surface area (TPSA) is 3.24 Å². The van der Waals surface area contributed by atoms with Gasteiger partial charge in [-0.15, -0.1) is 11.8 Å². The first-order chi connectivity index (χ1) is 26.7. The number of fused-ring (bicyclic) bond motifs is 9. The third-order valence-electron chi connectivity index (χ3n) is 16.9. The summed E-state index contributed by atoms with van der Waals surface area (Å²) in [6.45, 7) is 2.63.